The van der Waals surface area contributed by atoms with Crippen LogP contribution in [0.1, 0.15) is 18.2 Å². The van der Waals surface area contributed by atoms with Crippen LogP contribution in [-0.2, 0) is 16.1 Å². The lowest BCUT2D eigenvalue weighted by atomic mass is 10.0. The van der Waals surface area contributed by atoms with Crippen molar-refractivity contribution >= 4 is 17.3 Å². The fraction of sp³-hybridized carbons (Fsp3) is 0.545. The molecule has 82 valence electrons. The van der Waals surface area contributed by atoms with E-state index in [4.69, 9.17) is 4.74 Å². The molecular weight excluding hydrogens is 210 g/mol. The molecule has 1 aromatic heterocycles. The number of hydrogen-bond donors (Lipinski definition) is 1. The van der Waals surface area contributed by atoms with Crippen LogP contribution in [-0.4, -0.2) is 18.6 Å². The van der Waals surface area contributed by atoms with E-state index in [-0.39, 0.29) is 12.0 Å². The molecule has 2 unspecified atom stereocenters. The van der Waals surface area contributed by atoms with Gasteiger partial charge in [-0.3, -0.25) is 4.79 Å². The third-order valence-corrected chi connectivity index (χ3v) is 3.57. The van der Waals surface area contributed by atoms with Crippen molar-refractivity contribution in [2.24, 2.45) is 5.92 Å². The van der Waals surface area contributed by atoms with Crippen molar-refractivity contribution in [1.29, 1.82) is 0 Å². The van der Waals surface area contributed by atoms with Crippen molar-refractivity contribution in [3.05, 3.63) is 22.4 Å². The van der Waals surface area contributed by atoms with Gasteiger partial charge in [-0.1, -0.05) is 13.0 Å². The normalized spacial score (nSPS) is 25.4. The van der Waals surface area contributed by atoms with Gasteiger partial charge in [0.05, 0.1) is 0 Å². The van der Waals surface area contributed by atoms with E-state index in [0.29, 0.717) is 12.5 Å². The van der Waals surface area contributed by atoms with E-state index in [9.17, 15) is 4.79 Å². The Morgan fingerprint density at radius 3 is 3.20 bits per heavy atom. The molecule has 1 saturated heterocycles. The zero-order chi connectivity index (χ0) is 10.7. The van der Waals surface area contributed by atoms with E-state index >= 15 is 0 Å². The zero-order valence-electron chi connectivity index (χ0n) is 8.73. The van der Waals surface area contributed by atoms with Crippen LogP contribution in [0, 0.1) is 5.92 Å². The minimum Gasteiger partial charge on any atom is -0.459 e. The molecule has 15 heavy (non-hydrogen) atoms. The molecule has 0 radical (unpaired) electrons. The fourth-order valence-electron chi connectivity index (χ4n) is 1.78. The topological polar surface area (TPSA) is 38.3 Å². The van der Waals surface area contributed by atoms with Crippen molar-refractivity contribution < 1.29 is 9.53 Å². The smallest absolute Gasteiger partial charge is 0.323 e. The summed E-state index contributed by atoms with van der Waals surface area (Å²) in [5.74, 6) is 0.272. The summed E-state index contributed by atoms with van der Waals surface area (Å²) >= 11 is 1.61. The monoisotopic (exact) mass is 225 g/mol. The molecule has 0 saturated carbocycles. The summed E-state index contributed by atoms with van der Waals surface area (Å²) in [4.78, 5) is 12.8. The molecule has 2 atom stereocenters. The average Bonchev–Trinajstić information content (AvgIpc) is 2.84. The second-order valence-electron chi connectivity index (χ2n) is 3.88. The number of rotatable bonds is 3. The molecule has 0 spiro atoms. The van der Waals surface area contributed by atoms with Crippen molar-refractivity contribution in [3.63, 3.8) is 0 Å². The first-order valence-electron chi connectivity index (χ1n) is 5.20. The Hall–Kier alpha value is -0.870. The van der Waals surface area contributed by atoms with Crippen molar-refractivity contribution in [2.45, 2.75) is 26.0 Å². The Kier molecular flexibility index (Phi) is 3.38. The van der Waals surface area contributed by atoms with Crippen LogP contribution in [0.4, 0.5) is 0 Å². The van der Waals surface area contributed by atoms with E-state index in [0.717, 1.165) is 17.8 Å². The summed E-state index contributed by atoms with van der Waals surface area (Å²) in [7, 11) is 0. The Morgan fingerprint density at radius 1 is 1.73 bits per heavy atom. The van der Waals surface area contributed by atoms with Gasteiger partial charge in [0, 0.05) is 4.88 Å². The van der Waals surface area contributed by atoms with Crippen molar-refractivity contribution in [2.75, 3.05) is 6.54 Å². The van der Waals surface area contributed by atoms with Gasteiger partial charge in [0.2, 0.25) is 0 Å². The predicted octanol–water partition coefficient (Wildman–Crippen LogP) is 1.79. The highest BCUT2D eigenvalue weighted by Crippen LogP contribution is 2.17. The molecule has 1 aliphatic heterocycles. The molecule has 1 aliphatic rings. The third-order valence-electron chi connectivity index (χ3n) is 2.72. The van der Waals surface area contributed by atoms with Crippen LogP contribution in [0.25, 0.3) is 0 Å². The molecule has 4 heteroatoms. The van der Waals surface area contributed by atoms with Gasteiger partial charge in [-0.25, -0.2) is 0 Å². The van der Waals surface area contributed by atoms with Gasteiger partial charge < -0.3 is 10.1 Å². The van der Waals surface area contributed by atoms with Crippen LogP contribution < -0.4 is 5.32 Å². The Labute approximate surface area is 93.4 Å². The Balaban J connectivity index is 1.82. The van der Waals surface area contributed by atoms with Gasteiger partial charge in [0.25, 0.3) is 0 Å². The largest absolute Gasteiger partial charge is 0.459 e. The maximum Gasteiger partial charge on any atom is 0.323 e. The van der Waals surface area contributed by atoms with Gasteiger partial charge in [-0.15, -0.1) is 11.3 Å². The number of esters is 1. The minimum atomic E-state index is -0.117. The van der Waals surface area contributed by atoms with Gasteiger partial charge in [-0.05, 0) is 30.3 Å². The van der Waals surface area contributed by atoms with E-state index in [1.54, 1.807) is 11.3 Å². The number of thiophene rings is 1. The molecule has 0 aromatic carbocycles. The van der Waals surface area contributed by atoms with E-state index in [1.165, 1.54) is 0 Å². The van der Waals surface area contributed by atoms with Crippen LogP contribution in [0.2, 0.25) is 0 Å². The summed E-state index contributed by atoms with van der Waals surface area (Å²) in [6.07, 6.45) is 1.05. The zero-order valence-corrected chi connectivity index (χ0v) is 9.55. The van der Waals surface area contributed by atoms with E-state index < -0.39 is 0 Å². The van der Waals surface area contributed by atoms with Crippen LogP contribution >= 0.6 is 11.3 Å². The standard InChI is InChI=1S/C11H15NO2S/c1-8-4-5-12-10(8)11(13)14-7-9-3-2-6-15-9/h2-3,6,8,10,12H,4-5,7H2,1H3. The average molecular weight is 225 g/mol. The van der Waals surface area contributed by atoms with Gasteiger partial charge in [0.15, 0.2) is 0 Å². The third kappa shape index (κ3) is 2.58. The van der Waals surface area contributed by atoms with E-state index in [1.807, 2.05) is 17.5 Å². The maximum absolute atomic E-state index is 11.7. The summed E-state index contributed by atoms with van der Waals surface area (Å²) in [5, 5.41) is 5.15. The summed E-state index contributed by atoms with van der Waals surface area (Å²) in [6, 6.07) is 3.83. The second kappa shape index (κ2) is 4.77. The highest BCUT2D eigenvalue weighted by molar-refractivity contribution is 7.09. The van der Waals surface area contributed by atoms with E-state index in [2.05, 4.69) is 12.2 Å². The molecular formula is C11H15NO2S. The molecule has 3 nitrogen and oxygen atoms in total. The van der Waals surface area contributed by atoms with Crippen LogP contribution in [0.3, 0.4) is 0 Å². The first kappa shape index (κ1) is 10.6. The molecule has 0 bridgehead atoms. The molecule has 1 fully saturated rings. The van der Waals surface area contributed by atoms with Crippen LogP contribution in [0.15, 0.2) is 17.5 Å². The highest BCUT2D eigenvalue weighted by Gasteiger charge is 2.30. The number of ether oxygens (including phenoxy) is 1. The Morgan fingerprint density at radius 2 is 2.60 bits per heavy atom. The van der Waals surface area contributed by atoms with Gasteiger partial charge >= 0.3 is 5.97 Å². The van der Waals surface area contributed by atoms with Crippen molar-refractivity contribution in [3.8, 4) is 0 Å². The summed E-state index contributed by atoms with van der Waals surface area (Å²) < 4.78 is 5.25. The number of nitrogens with one attached hydrogen (secondary N) is 1. The number of carbonyl (C=O) groups is 1. The highest BCUT2D eigenvalue weighted by atomic mass is 32.1. The first-order chi connectivity index (χ1) is 7.27. The summed E-state index contributed by atoms with van der Waals surface area (Å²) in [6.45, 7) is 3.40. The minimum absolute atomic E-state index is 0.107. The van der Waals surface area contributed by atoms with Gasteiger partial charge in [-0.2, -0.15) is 0 Å². The number of carbonyl (C=O) groups excluding carboxylic acids is 1. The quantitative estimate of drug-likeness (QED) is 0.797. The number of hydrogen-bond acceptors (Lipinski definition) is 4. The molecule has 0 aliphatic carbocycles. The molecule has 0 amide bonds. The van der Waals surface area contributed by atoms with Gasteiger partial charge in [0.1, 0.15) is 12.6 Å². The Bertz CT molecular complexity index is 323. The fourth-order valence-corrected chi connectivity index (χ4v) is 2.39. The molecule has 2 rings (SSSR count). The lowest BCUT2D eigenvalue weighted by molar-refractivity contribution is -0.147. The maximum atomic E-state index is 11.7. The lowest BCUT2D eigenvalue weighted by Crippen LogP contribution is -2.36. The van der Waals surface area contributed by atoms with Crippen molar-refractivity contribution in [1.82, 2.24) is 5.32 Å². The molecule has 2 heterocycles. The molecule has 1 N–H and O–H groups in total. The lowest BCUT2D eigenvalue weighted by Gasteiger charge is -2.13. The summed E-state index contributed by atoms with van der Waals surface area (Å²) in [5.41, 5.74) is 0. The predicted molar refractivity (Wildman–Crippen MR) is 59.7 cm³/mol. The van der Waals surface area contributed by atoms with Crippen LogP contribution in [0.5, 0.6) is 0 Å². The first-order valence-corrected chi connectivity index (χ1v) is 6.08. The second-order valence-corrected chi connectivity index (χ2v) is 4.92. The SMILES string of the molecule is CC1CCNC1C(=O)OCc1cccs1. The molecule has 1 aromatic rings.